The summed E-state index contributed by atoms with van der Waals surface area (Å²) in [5.74, 6) is -1.40. The molecule has 5 N–H and O–H groups in total. The fourth-order valence-electron chi connectivity index (χ4n) is 16.5. The summed E-state index contributed by atoms with van der Waals surface area (Å²) in [5.41, 5.74) is 14.9. The number of methoxy groups -OCH3 is 1. The molecule has 6 aliphatic carbocycles. The highest BCUT2D eigenvalue weighted by Gasteiger charge is 2.53. The largest absolute Gasteiger partial charge is 0.453 e. The van der Waals surface area contributed by atoms with E-state index in [2.05, 4.69) is 72.4 Å². The molecule has 0 bridgehead atoms. The van der Waals surface area contributed by atoms with Crippen molar-refractivity contribution in [2.75, 3.05) is 74.1 Å². The third-order valence-corrected chi connectivity index (χ3v) is 23.3. The van der Waals surface area contributed by atoms with Gasteiger partial charge in [0.2, 0.25) is 5.91 Å². The number of ether oxygens (including phenoxy) is 9. The lowest BCUT2D eigenvalue weighted by atomic mass is 9.69. The van der Waals surface area contributed by atoms with Crippen LogP contribution in [0.1, 0.15) is 188 Å². The Morgan fingerprint density at radius 2 is 0.726 bits per heavy atom. The van der Waals surface area contributed by atoms with Crippen molar-refractivity contribution in [3.05, 3.63) is 181 Å². The van der Waals surface area contributed by atoms with Gasteiger partial charge in [-0.25, -0.2) is 4.79 Å². The Hall–Kier alpha value is -8.44. The molecule has 564 valence electrons. The number of amides is 2. The van der Waals surface area contributed by atoms with E-state index < -0.39 is 45.2 Å². The summed E-state index contributed by atoms with van der Waals surface area (Å²) in [6, 6.07) is 39.4. The van der Waals surface area contributed by atoms with Crippen molar-refractivity contribution < 1.29 is 61.8 Å². The third kappa shape index (κ3) is 18.2. The number of carbonyl (C=O) groups is 4. The number of nitrogens with one attached hydrogen (secondary N) is 1. The molecule has 16 rings (SSSR count). The molecule has 25 nitrogen and oxygen atoms in total. The van der Waals surface area contributed by atoms with Crippen molar-refractivity contribution in [3.63, 3.8) is 0 Å². The number of alkyl carbamates (subject to hydrolysis) is 1. The lowest BCUT2D eigenvalue weighted by Crippen LogP contribution is -2.52. The van der Waals surface area contributed by atoms with E-state index in [0.717, 1.165) is 111 Å². The predicted molar refractivity (Wildman–Crippen MR) is 389 cm³/mol. The summed E-state index contributed by atoms with van der Waals surface area (Å²) < 4.78 is 50.5. The zero-order valence-corrected chi connectivity index (χ0v) is 61.5. The average molecular weight is 1450 g/mol. The first kappa shape index (κ1) is 78.6. The molecule has 4 saturated heterocycles. The Morgan fingerprint density at radius 3 is 1.07 bits per heavy atom. The van der Waals surface area contributed by atoms with E-state index in [4.69, 9.17) is 54.1 Å². The van der Waals surface area contributed by atoms with Crippen molar-refractivity contribution in [2.45, 2.75) is 210 Å². The van der Waals surface area contributed by atoms with Gasteiger partial charge < -0.3 is 59.4 Å². The molecule has 4 aliphatic heterocycles. The van der Waals surface area contributed by atoms with E-state index in [9.17, 15) is 29.7 Å². The molecule has 10 aliphatic rings. The fraction of sp³-hybridized carbons (Fsp3) is 0.556. The van der Waals surface area contributed by atoms with Gasteiger partial charge in [0.05, 0.1) is 134 Å². The highest BCUT2D eigenvalue weighted by molar-refractivity contribution is 5.86. The van der Waals surface area contributed by atoms with Crippen LogP contribution in [0.4, 0.5) is 4.79 Å². The van der Waals surface area contributed by atoms with Crippen molar-refractivity contribution >= 4 is 23.6 Å². The van der Waals surface area contributed by atoms with Gasteiger partial charge in [-0.1, -0.05) is 36.4 Å². The first-order valence-electron chi connectivity index (χ1n) is 37.4. The van der Waals surface area contributed by atoms with Crippen LogP contribution in [0.5, 0.6) is 0 Å². The molecule has 0 atom stereocenters. The van der Waals surface area contributed by atoms with Crippen LogP contribution >= 0.6 is 0 Å². The quantitative estimate of drug-likeness (QED) is 0.121. The summed E-state index contributed by atoms with van der Waals surface area (Å²) >= 11 is 0. The van der Waals surface area contributed by atoms with E-state index in [-0.39, 0.29) is 28.6 Å². The number of primary amides is 1. The Labute approximate surface area is 621 Å². The molecule has 10 fully saturated rings. The number of pyridine rings is 6. The molecule has 0 unspecified atom stereocenters. The van der Waals surface area contributed by atoms with E-state index in [1.165, 1.54) is 7.11 Å². The number of ketones is 2. The molecule has 6 saturated carbocycles. The van der Waals surface area contributed by atoms with Gasteiger partial charge in [-0.05, 0) is 164 Å². The maximum absolute atomic E-state index is 12.0. The molecule has 0 radical (unpaired) electrons. The minimum absolute atomic E-state index is 0.0465. The normalized spacial score (nSPS) is 25.8. The molecular weight excluding hydrogens is 1350 g/mol. The van der Waals surface area contributed by atoms with Gasteiger partial charge in [-0.3, -0.25) is 49.2 Å². The van der Waals surface area contributed by atoms with Crippen molar-refractivity contribution in [1.29, 1.82) is 10.5 Å². The highest BCUT2D eigenvalue weighted by atomic mass is 16.8. The Bertz CT molecular complexity index is 3840. The van der Waals surface area contributed by atoms with Gasteiger partial charge in [0.15, 0.2) is 23.1 Å². The van der Waals surface area contributed by atoms with Gasteiger partial charge in [0, 0.05) is 114 Å². The van der Waals surface area contributed by atoms with Crippen LogP contribution in [0.2, 0.25) is 0 Å². The zero-order valence-electron chi connectivity index (χ0n) is 61.5. The second kappa shape index (κ2) is 35.1. The van der Waals surface area contributed by atoms with Crippen LogP contribution in [0, 0.1) is 22.7 Å². The van der Waals surface area contributed by atoms with E-state index in [1.54, 1.807) is 31.0 Å². The van der Waals surface area contributed by atoms with Gasteiger partial charge >= 0.3 is 6.09 Å². The molecule has 25 heteroatoms. The summed E-state index contributed by atoms with van der Waals surface area (Å²) in [5, 5.41) is 21.8. The summed E-state index contributed by atoms with van der Waals surface area (Å²) in [4.78, 5) is 74.7. The molecular formula is C81H102N12O13. The predicted octanol–water partition coefficient (Wildman–Crippen LogP) is 10.8. The van der Waals surface area contributed by atoms with Crippen LogP contribution < -0.4 is 16.8 Å². The molecule has 4 spiro atoms. The van der Waals surface area contributed by atoms with Crippen LogP contribution in [0.25, 0.3) is 0 Å². The SMILES string of the molecule is CN(C)C1(c2ccccn2)CCC(=O)CC1.COC(=O)NC1(c2ccccn2)CCC2(CC1)OCCO2.N#CC1(c2ccccn2)CCC(=O)CC1.N#CC1(c2ccccn2)CCC2(CC1)OCCO2.NC(=O)C1(c2ccccn2)CCC2(CC1)OCCO2.NC1(c2ccccn2)CCC2(CC1)OCCO2. The van der Waals surface area contributed by atoms with E-state index in [1.807, 2.05) is 109 Å². The number of Topliss-reactive ketones (excluding diaryl/α,β-unsaturated/α-hetero) is 2. The highest BCUT2D eigenvalue weighted by Crippen LogP contribution is 2.49. The molecule has 6 aromatic rings. The topological polar surface area (TPSA) is 344 Å². The van der Waals surface area contributed by atoms with Gasteiger partial charge in [-0.2, -0.15) is 10.5 Å². The number of hydrogen-bond acceptors (Lipinski definition) is 23. The number of aromatic nitrogens is 6. The smallest absolute Gasteiger partial charge is 0.407 e. The first-order chi connectivity index (χ1) is 51.3. The fourth-order valence-corrected chi connectivity index (χ4v) is 16.5. The number of nitrogens with zero attached hydrogens (tertiary/aromatic N) is 9. The number of carbonyl (C=O) groups excluding carboxylic acids is 4. The average Bonchev–Trinajstić information content (AvgIpc) is 1.30. The van der Waals surface area contributed by atoms with E-state index >= 15 is 0 Å². The van der Waals surface area contributed by atoms with Crippen molar-refractivity contribution in [3.8, 4) is 12.1 Å². The third-order valence-electron chi connectivity index (χ3n) is 23.3. The zero-order chi connectivity index (χ0) is 74.7. The van der Waals surface area contributed by atoms with Crippen LogP contribution in [-0.2, 0) is 89.9 Å². The minimum Gasteiger partial charge on any atom is -0.453 e. The summed E-state index contributed by atoms with van der Waals surface area (Å²) in [6.45, 7) is 5.30. The number of hydrogen-bond donors (Lipinski definition) is 3. The Kier molecular flexibility index (Phi) is 26.0. The second-order valence-electron chi connectivity index (χ2n) is 29.4. The lowest BCUT2D eigenvalue weighted by molar-refractivity contribution is -0.187. The van der Waals surface area contributed by atoms with Gasteiger partial charge in [-0.15, -0.1) is 0 Å². The first-order valence-corrected chi connectivity index (χ1v) is 37.4. The lowest BCUT2D eigenvalue weighted by Gasteiger charge is -2.43. The number of nitrogens with two attached hydrogens (primary N) is 2. The van der Waals surface area contributed by atoms with Gasteiger partial charge in [0.1, 0.15) is 17.0 Å². The number of rotatable bonds is 9. The van der Waals surface area contributed by atoms with Crippen molar-refractivity contribution in [2.24, 2.45) is 11.5 Å². The standard InChI is InChI=1S/C15H20N2O4.C14H18N2O3.C14H16N2O2.C13H18N2O2.C13H18N2O.C12H12N2O/c1-19-13(18)17-14(12-4-2-3-9-16-12)5-7-15(8-6-14)20-10-11-21-15;15-12(17)13(11-3-1-2-8-16-11)4-6-14(7-5-13)18-9-10-19-14;15-11-13(12-3-1-2-8-16-12)4-6-14(7-5-13)17-9-10-18-14;14-12(11-3-1-2-8-15-11)4-6-13(7-5-12)16-9-10-17-13;1-15(2)13(8-6-11(16)7-9-13)12-5-3-4-10-14-12;13-9-12(6-4-10(15)5-7-12)11-3-1-2-8-14-11/h2-4,9H,5-8,10-11H2,1H3,(H,17,18);1-3,8H,4-7,9-10H2,(H2,15,17);1-3,8H,4-7,9-10H2;1-3,8H,4-7,9-10,14H2;3-5,10H,6-9H2,1-2H3;1-3,8H,4-7H2. The molecule has 106 heavy (non-hydrogen) atoms. The molecule has 10 heterocycles. The van der Waals surface area contributed by atoms with Crippen molar-refractivity contribution in [1.82, 2.24) is 40.1 Å². The van der Waals surface area contributed by atoms with E-state index in [0.29, 0.717) is 136 Å². The van der Waals surface area contributed by atoms with Gasteiger partial charge in [0.25, 0.3) is 0 Å². The van der Waals surface area contributed by atoms with Crippen LogP contribution in [0.3, 0.4) is 0 Å². The van der Waals surface area contributed by atoms with Crippen LogP contribution in [0.15, 0.2) is 146 Å². The molecule has 0 aromatic carbocycles. The number of nitriles is 2. The second-order valence-corrected chi connectivity index (χ2v) is 29.4. The van der Waals surface area contributed by atoms with Crippen LogP contribution in [-0.4, -0.2) is 156 Å². The Balaban J connectivity index is 0.000000127. The Morgan fingerprint density at radius 1 is 0.415 bits per heavy atom. The monoisotopic (exact) mass is 1450 g/mol. The maximum Gasteiger partial charge on any atom is 0.407 e. The molecule has 2 amide bonds. The summed E-state index contributed by atoms with van der Waals surface area (Å²) in [7, 11) is 5.52. The minimum atomic E-state index is -0.679. The molecule has 6 aromatic heterocycles. The maximum atomic E-state index is 12.0. The summed E-state index contributed by atoms with van der Waals surface area (Å²) in [6.07, 6.45) is 27.4.